The van der Waals surface area contributed by atoms with E-state index in [4.69, 9.17) is 0 Å². The minimum absolute atomic E-state index is 0.324. The second kappa shape index (κ2) is 6.82. The molecule has 0 bridgehead atoms. The number of nitrogens with zero attached hydrogens (tertiary/aromatic N) is 1. The van der Waals surface area contributed by atoms with Crippen LogP contribution in [0.15, 0.2) is 30.3 Å². The summed E-state index contributed by atoms with van der Waals surface area (Å²) in [6.45, 7) is 6.29. The number of hydrogen-bond donors (Lipinski definition) is 1. The first kappa shape index (κ1) is 15.5. The quantitative estimate of drug-likeness (QED) is 0.907. The molecule has 1 aromatic rings. The van der Waals surface area contributed by atoms with E-state index in [0.29, 0.717) is 29.8 Å². The summed E-state index contributed by atoms with van der Waals surface area (Å²) in [5.74, 6) is 1.36. The molecule has 2 fully saturated rings. The van der Waals surface area contributed by atoms with E-state index >= 15 is 0 Å². The average Bonchev–Trinajstić information content (AvgIpc) is 3.33. The van der Waals surface area contributed by atoms with Gasteiger partial charge in [0.1, 0.15) is 0 Å². The fraction of sp³-hybridized carbons (Fsp3) is 0.632. The van der Waals surface area contributed by atoms with Crippen LogP contribution in [0.3, 0.4) is 0 Å². The van der Waals surface area contributed by atoms with Crippen LogP contribution in [0.1, 0.15) is 38.7 Å². The van der Waals surface area contributed by atoms with Gasteiger partial charge in [-0.2, -0.15) is 0 Å². The summed E-state index contributed by atoms with van der Waals surface area (Å²) in [4.78, 5) is 14.8. The van der Waals surface area contributed by atoms with Crippen LogP contribution in [0.5, 0.6) is 0 Å². The minimum atomic E-state index is 0.324. The molecule has 120 valence electrons. The van der Waals surface area contributed by atoms with Gasteiger partial charge in [-0.05, 0) is 37.2 Å². The molecule has 3 heteroatoms. The molecule has 3 nitrogen and oxygen atoms in total. The predicted molar refractivity (Wildman–Crippen MR) is 89.6 cm³/mol. The summed E-state index contributed by atoms with van der Waals surface area (Å²) in [6.07, 6.45) is 4.30. The van der Waals surface area contributed by atoms with Gasteiger partial charge >= 0.3 is 0 Å². The predicted octanol–water partition coefficient (Wildman–Crippen LogP) is 2.85. The van der Waals surface area contributed by atoms with Crippen molar-refractivity contribution in [3.8, 4) is 0 Å². The maximum atomic E-state index is 12.6. The van der Waals surface area contributed by atoms with Gasteiger partial charge in [0.2, 0.25) is 5.91 Å². The van der Waals surface area contributed by atoms with Crippen LogP contribution in [0, 0.1) is 11.8 Å². The van der Waals surface area contributed by atoms with Gasteiger partial charge in [0.25, 0.3) is 0 Å². The van der Waals surface area contributed by atoms with E-state index in [1.807, 2.05) is 0 Å². The van der Waals surface area contributed by atoms with E-state index < -0.39 is 0 Å². The average molecular weight is 300 g/mol. The lowest BCUT2D eigenvalue weighted by Crippen LogP contribution is -2.59. The molecule has 1 aromatic carbocycles. The zero-order valence-corrected chi connectivity index (χ0v) is 13.8. The van der Waals surface area contributed by atoms with E-state index in [-0.39, 0.29) is 0 Å². The normalized spacial score (nSPS) is 25.5. The maximum absolute atomic E-state index is 12.6. The van der Waals surface area contributed by atoms with Crippen molar-refractivity contribution in [2.24, 2.45) is 11.8 Å². The number of amides is 1. The largest absolute Gasteiger partial charge is 0.337 e. The number of rotatable bonds is 5. The Labute approximate surface area is 134 Å². The van der Waals surface area contributed by atoms with Gasteiger partial charge in [-0.25, -0.2) is 0 Å². The van der Waals surface area contributed by atoms with Crippen LogP contribution in [-0.4, -0.2) is 36.0 Å². The highest BCUT2D eigenvalue weighted by molar-refractivity contribution is 5.81. The molecule has 0 radical (unpaired) electrons. The molecule has 2 unspecified atom stereocenters. The van der Waals surface area contributed by atoms with Gasteiger partial charge in [-0.3, -0.25) is 4.79 Å². The SMILES string of the molecule is CC(C)CC1CNC(Cc2ccccc2)CN1C(=O)C1CC1. The van der Waals surface area contributed by atoms with Gasteiger partial charge < -0.3 is 10.2 Å². The first-order chi connectivity index (χ1) is 10.6. The number of carbonyl (C=O) groups is 1. The molecule has 1 aliphatic heterocycles. The summed E-state index contributed by atoms with van der Waals surface area (Å²) in [7, 11) is 0. The molecule has 1 saturated heterocycles. The molecular weight excluding hydrogens is 272 g/mol. The van der Waals surface area contributed by atoms with Gasteiger partial charge in [0.15, 0.2) is 0 Å². The minimum Gasteiger partial charge on any atom is -0.337 e. The van der Waals surface area contributed by atoms with Crippen LogP contribution < -0.4 is 5.32 Å². The van der Waals surface area contributed by atoms with E-state index in [1.54, 1.807) is 0 Å². The fourth-order valence-electron chi connectivity index (χ4n) is 3.49. The highest BCUT2D eigenvalue weighted by atomic mass is 16.2. The monoisotopic (exact) mass is 300 g/mol. The smallest absolute Gasteiger partial charge is 0.226 e. The Kier molecular flexibility index (Phi) is 4.82. The molecule has 3 rings (SSSR count). The number of piperazine rings is 1. The van der Waals surface area contributed by atoms with E-state index in [9.17, 15) is 4.79 Å². The summed E-state index contributed by atoms with van der Waals surface area (Å²) >= 11 is 0. The molecule has 2 aliphatic rings. The third-order valence-electron chi connectivity index (χ3n) is 4.78. The van der Waals surface area contributed by atoms with Crippen LogP contribution >= 0.6 is 0 Å². The lowest BCUT2D eigenvalue weighted by atomic mass is 9.96. The molecule has 1 heterocycles. The summed E-state index contributed by atoms with van der Waals surface area (Å²) < 4.78 is 0. The van der Waals surface area contributed by atoms with E-state index in [2.05, 4.69) is 54.4 Å². The number of carbonyl (C=O) groups excluding carboxylic acids is 1. The van der Waals surface area contributed by atoms with Crippen molar-refractivity contribution in [1.29, 1.82) is 0 Å². The Morgan fingerprint density at radius 3 is 2.64 bits per heavy atom. The lowest BCUT2D eigenvalue weighted by molar-refractivity contribution is -0.137. The molecule has 1 amide bonds. The van der Waals surface area contributed by atoms with Crippen molar-refractivity contribution in [2.45, 2.75) is 51.6 Å². The van der Waals surface area contributed by atoms with E-state index in [0.717, 1.165) is 38.8 Å². The van der Waals surface area contributed by atoms with Crippen molar-refractivity contribution in [3.05, 3.63) is 35.9 Å². The highest BCUT2D eigenvalue weighted by Crippen LogP contribution is 2.33. The van der Waals surface area contributed by atoms with Gasteiger partial charge in [-0.1, -0.05) is 44.2 Å². The van der Waals surface area contributed by atoms with E-state index in [1.165, 1.54) is 5.56 Å². The van der Waals surface area contributed by atoms with Crippen molar-refractivity contribution in [2.75, 3.05) is 13.1 Å². The Bertz CT molecular complexity index is 495. The Morgan fingerprint density at radius 2 is 2.00 bits per heavy atom. The third-order valence-corrected chi connectivity index (χ3v) is 4.78. The van der Waals surface area contributed by atoms with Crippen molar-refractivity contribution in [1.82, 2.24) is 10.2 Å². The van der Waals surface area contributed by atoms with Gasteiger partial charge in [-0.15, -0.1) is 0 Å². The Balaban J connectivity index is 1.65. The Hall–Kier alpha value is -1.35. The number of hydrogen-bond acceptors (Lipinski definition) is 2. The standard InChI is InChI=1S/C19H28N2O/c1-14(2)10-18-12-20-17(11-15-6-4-3-5-7-15)13-21(18)19(22)16-8-9-16/h3-7,14,16-18,20H,8-13H2,1-2H3. The van der Waals surface area contributed by atoms with Gasteiger partial charge in [0, 0.05) is 31.1 Å². The molecule has 22 heavy (non-hydrogen) atoms. The summed E-state index contributed by atoms with van der Waals surface area (Å²) in [6, 6.07) is 11.3. The maximum Gasteiger partial charge on any atom is 0.226 e. The van der Waals surface area contributed by atoms with Gasteiger partial charge in [0.05, 0.1) is 0 Å². The summed E-state index contributed by atoms with van der Waals surface area (Å²) in [5.41, 5.74) is 1.35. The molecule has 0 spiro atoms. The lowest BCUT2D eigenvalue weighted by Gasteiger charge is -2.41. The second-order valence-corrected chi connectivity index (χ2v) is 7.34. The molecule has 2 atom stereocenters. The summed E-state index contributed by atoms with van der Waals surface area (Å²) in [5, 5.41) is 3.67. The fourth-order valence-corrected chi connectivity index (χ4v) is 3.49. The zero-order chi connectivity index (χ0) is 15.5. The molecule has 1 N–H and O–H groups in total. The number of nitrogens with one attached hydrogen (secondary N) is 1. The topological polar surface area (TPSA) is 32.3 Å². The zero-order valence-electron chi connectivity index (χ0n) is 13.8. The van der Waals surface area contributed by atoms with Crippen LogP contribution in [0.2, 0.25) is 0 Å². The molecule has 1 saturated carbocycles. The first-order valence-electron chi connectivity index (χ1n) is 8.71. The second-order valence-electron chi connectivity index (χ2n) is 7.34. The third kappa shape index (κ3) is 3.89. The van der Waals surface area contributed by atoms with Crippen molar-refractivity contribution >= 4 is 5.91 Å². The van der Waals surface area contributed by atoms with Crippen molar-refractivity contribution < 1.29 is 4.79 Å². The van der Waals surface area contributed by atoms with Crippen LogP contribution in [0.4, 0.5) is 0 Å². The highest BCUT2D eigenvalue weighted by Gasteiger charge is 2.39. The molecule has 1 aliphatic carbocycles. The molecular formula is C19H28N2O. The first-order valence-corrected chi connectivity index (χ1v) is 8.71. The Morgan fingerprint density at radius 1 is 1.27 bits per heavy atom. The van der Waals surface area contributed by atoms with Crippen LogP contribution in [0.25, 0.3) is 0 Å². The van der Waals surface area contributed by atoms with Crippen LogP contribution in [-0.2, 0) is 11.2 Å². The number of benzene rings is 1. The van der Waals surface area contributed by atoms with Crippen molar-refractivity contribution in [3.63, 3.8) is 0 Å². The molecule has 0 aromatic heterocycles.